The number of likely N-dealkylation sites (tertiary alicyclic amines) is 1. The number of ketones is 2. The summed E-state index contributed by atoms with van der Waals surface area (Å²) >= 11 is 0. The van der Waals surface area contributed by atoms with Gasteiger partial charge in [0.2, 0.25) is 5.78 Å². The Hall–Kier alpha value is -3.28. The Bertz CT molecular complexity index is 1270. The summed E-state index contributed by atoms with van der Waals surface area (Å²) in [6, 6.07) is 1.20. The number of aromatic hydroxyl groups is 1. The number of rotatable bonds is 6. The van der Waals surface area contributed by atoms with E-state index >= 15 is 4.39 Å². The van der Waals surface area contributed by atoms with E-state index in [1.165, 1.54) is 18.9 Å². The van der Waals surface area contributed by atoms with Crippen LogP contribution in [0.4, 0.5) is 4.39 Å². The SMILES string of the molecule is NC(=O)C1=C(O)[C@@]2(O)C(=O)C3=C(O)c4c(O)cc(CNCCN5CCCC5)c(F)c4CC3C[C@H]2CC1=O. The van der Waals surface area contributed by atoms with Gasteiger partial charge in [0.05, 0.1) is 5.56 Å². The van der Waals surface area contributed by atoms with Crippen LogP contribution in [-0.2, 0) is 27.3 Å². The molecule has 5 rings (SSSR count). The zero-order chi connectivity index (χ0) is 26.6. The Morgan fingerprint density at radius 1 is 1.19 bits per heavy atom. The summed E-state index contributed by atoms with van der Waals surface area (Å²) in [5.41, 5.74) is 1.42. The summed E-state index contributed by atoms with van der Waals surface area (Å²) < 4.78 is 15.6. The zero-order valence-electron chi connectivity index (χ0n) is 20.2. The molecule has 10 nitrogen and oxygen atoms in total. The Labute approximate surface area is 212 Å². The normalized spacial score (nSPS) is 27.8. The Morgan fingerprint density at radius 3 is 2.57 bits per heavy atom. The number of primary amides is 1. The number of benzene rings is 1. The number of Topliss-reactive ketones (excluding diaryl/α,β-unsaturated/α-hetero) is 2. The molecule has 1 aromatic rings. The van der Waals surface area contributed by atoms with Crippen molar-refractivity contribution >= 4 is 23.2 Å². The van der Waals surface area contributed by atoms with E-state index < -0.39 is 70.0 Å². The predicted molar refractivity (Wildman–Crippen MR) is 129 cm³/mol. The van der Waals surface area contributed by atoms with Crippen molar-refractivity contribution in [2.75, 3.05) is 26.2 Å². The van der Waals surface area contributed by atoms with Gasteiger partial charge in [0.1, 0.15) is 28.7 Å². The lowest BCUT2D eigenvalue weighted by atomic mass is 9.59. The third kappa shape index (κ3) is 3.92. The number of carbonyl (C=O) groups excluding carboxylic acids is 3. The highest BCUT2D eigenvalue weighted by atomic mass is 19.1. The fourth-order valence-electron chi connectivity index (χ4n) is 6.32. The van der Waals surface area contributed by atoms with Gasteiger partial charge < -0.3 is 36.4 Å². The second kappa shape index (κ2) is 9.23. The lowest BCUT2D eigenvalue weighted by Gasteiger charge is -2.46. The maximum atomic E-state index is 15.6. The molecule has 0 spiro atoms. The number of hydrogen-bond donors (Lipinski definition) is 6. The highest BCUT2D eigenvalue weighted by Crippen LogP contribution is 2.52. The van der Waals surface area contributed by atoms with Crippen molar-refractivity contribution in [2.45, 2.75) is 44.2 Å². The van der Waals surface area contributed by atoms with Crippen LogP contribution in [0.3, 0.4) is 0 Å². The molecule has 1 heterocycles. The fourth-order valence-corrected chi connectivity index (χ4v) is 6.32. The van der Waals surface area contributed by atoms with Gasteiger partial charge in [-0.2, -0.15) is 0 Å². The molecular formula is C26H30FN3O7. The number of carbonyl (C=O) groups is 3. The molecule has 37 heavy (non-hydrogen) atoms. The number of hydrogen-bond acceptors (Lipinski definition) is 9. The van der Waals surface area contributed by atoms with E-state index in [4.69, 9.17) is 5.73 Å². The number of amides is 1. The summed E-state index contributed by atoms with van der Waals surface area (Å²) in [4.78, 5) is 39.9. The number of fused-ring (bicyclic) bond motifs is 3. The number of aliphatic hydroxyl groups is 3. The molecule has 7 N–H and O–H groups in total. The maximum Gasteiger partial charge on any atom is 0.255 e. The summed E-state index contributed by atoms with van der Waals surface area (Å²) in [5.74, 6) is -7.91. The number of nitrogens with two attached hydrogens (primary N) is 1. The summed E-state index contributed by atoms with van der Waals surface area (Å²) in [7, 11) is 0. The molecule has 0 aromatic heterocycles. The molecule has 11 heteroatoms. The first kappa shape index (κ1) is 25.4. The number of nitrogens with one attached hydrogen (secondary N) is 1. The third-order valence-corrected chi connectivity index (χ3v) is 8.19. The van der Waals surface area contributed by atoms with E-state index in [0.717, 1.165) is 19.6 Å². The number of phenols is 1. The second-order valence-corrected chi connectivity index (χ2v) is 10.4. The van der Waals surface area contributed by atoms with Crippen molar-refractivity contribution in [3.63, 3.8) is 0 Å². The molecule has 0 bridgehead atoms. The van der Waals surface area contributed by atoms with E-state index in [0.29, 0.717) is 6.54 Å². The lowest BCUT2D eigenvalue weighted by Crippen LogP contribution is -2.58. The van der Waals surface area contributed by atoms with Crippen molar-refractivity contribution in [3.05, 3.63) is 45.5 Å². The minimum Gasteiger partial charge on any atom is -0.508 e. The lowest BCUT2D eigenvalue weighted by molar-refractivity contribution is -0.147. The van der Waals surface area contributed by atoms with Crippen LogP contribution in [0.15, 0.2) is 23.0 Å². The van der Waals surface area contributed by atoms with Crippen LogP contribution in [0, 0.1) is 17.7 Å². The molecule has 2 fully saturated rings. The van der Waals surface area contributed by atoms with Crippen LogP contribution in [0.5, 0.6) is 5.75 Å². The molecular weight excluding hydrogens is 485 g/mol. The van der Waals surface area contributed by atoms with Crippen LogP contribution >= 0.6 is 0 Å². The molecule has 198 valence electrons. The van der Waals surface area contributed by atoms with E-state index in [9.17, 15) is 34.8 Å². The van der Waals surface area contributed by atoms with Crippen molar-refractivity contribution in [3.8, 4) is 5.75 Å². The summed E-state index contributed by atoms with van der Waals surface area (Å²) in [6.45, 7) is 3.72. The summed E-state index contributed by atoms with van der Waals surface area (Å²) in [5, 5.41) is 46.7. The topological polar surface area (TPSA) is 173 Å². The van der Waals surface area contributed by atoms with E-state index in [1.807, 2.05) is 0 Å². The zero-order valence-corrected chi connectivity index (χ0v) is 20.2. The average molecular weight is 516 g/mol. The maximum absolute atomic E-state index is 15.6. The number of nitrogens with zero attached hydrogens (tertiary/aromatic N) is 1. The van der Waals surface area contributed by atoms with Crippen molar-refractivity contribution in [1.29, 1.82) is 0 Å². The molecule has 3 aliphatic carbocycles. The highest BCUT2D eigenvalue weighted by Gasteiger charge is 2.60. The van der Waals surface area contributed by atoms with Crippen LogP contribution in [0.25, 0.3) is 5.76 Å². The molecule has 1 aliphatic heterocycles. The number of aliphatic hydroxyl groups excluding tert-OH is 2. The molecule has 3 atom stereocenters. The molecule has 1 saturated carbocycles. The molecule has 1 amide bonds. The van der Waals surface area contributed by atoms with Crippen molar-refractivity contribution in [2.24, 2.45) is 17.6 Å². The van der Waals surface area contributed by atoms with Gasteiger partial charge in [-0.05, 0) is 50.8 Å². The largest absolute Gasteiger partial charge is 0.508 e. The summed E-state index contributed by atoms with van der Waals surface area (Å²) in [6.07, 6.45) is 1.82. The van der Waals surface area contributed by atoms with Gasteiger partial charge in [0, 0.05) is 48.7 Å². The molecule has 4 aliphatic rings. The Morgan fingerprint density at radius 2 is 1.89 bits per heavy atom. The van der Waals surface area contributed by atoms with Gasteiger partial charge in [-0.25, -0.2) is 4.39 Å². The average Bonchev–Trinajstić information content (AvgIpc) is 3.35. The van der Waals surface area contributed by atoms with Gasteiger partial charge in [-0.1, -0.05) is 0 Å². The minimum absolute atomic E-state index is 0.0402. The van der Waals surface area contributed by atoms with E-state index in [2.05, 4.69) is 10.2 Å². The predicted octanol–water partition coefficient (Wildman–Crippen LogP) is 0.748. The standard InChI is InChI=1S/C26H30FN3O7/c27-21-13(11-29-3-6-30-4-1-2-5-30)9-16(31)19-15(21)8-12-7-14-10-17(32)20(25(28)36)24(35)26(14,37)23(34)18(12)22(19)33/h9,12,14,29,31,33,35,37H,1-8,10-11H2,(H2,28,36)/t12?,14-,26-/m0/s1. The molecule has 1 unspecified atom stereocenters. The second-order valence-electron chi connectivity index (χ2n) is 10.4. The first-order valence-corrected chi connectivity index (χ1v) is 12.5. The van der Waals surface area contributed by atoms with Gasteiger partial charge in [-0.15, -0.1) is 0 Å². The fraction of sp³-hybridized carbons (Fsp3) is 0.500. The third-order valence-electron chi connectivity index (χ3n) is 8.19. The minimum atomic E-state index is -2.64. The van der Waals surface area contributed by atoms with E-state index in [1.54, 1.807) is 0 Å². The van der Waals surface area contributed by atoms with Crippen LogP contribution in [0.2, 0.25) is 0 Å². The molecule has 1 aromatic carbocycles. The highest BCUT2D eigenvalue weighted by molar-refractivity contribution is 6.22. The van der Waals surface area contributed by atoms with Gasteiger partial charge in [0.25, 0.3) is 5.91 Å². The van der Waals surface area contributed by atoms with Gasteiger partial charge in [0.15, 0.2) is 11.4 Å². The quantitative estimate of drug-likeness (QED) is 0.236. The van der Waals surface area contributed by atoms with Gasteiger partial charge >= 0.3 is 0 Å². The molecule has 0 radical (unpaired) electrons. The van der Waals surface area contributed by atoms with Crippen molar-refractivity contribution < 1.29 is 39.2 Å². The van der Waals surface area contributed by atoms with Crippen molar-refractivity contribution in [1.82, 2.24) is 10.2 Å². The van der Waals surface area contributed by atoms with E-state index in [-0.39, 0.29) is 41.6 Å². The van der Waals surface area contributed by atoms with Crippen LogP contribution in [-0.4, -0.2) is 74.6 Å². The molecule has 1 saturated heterocycles. The smallest absolute Gasteiger partial charge is 0.255 e. The van der Waals surface area contributed by atoms with Gasteiger partial charge in [-0.3, -0.25) is 14.4 Å². The first-order chi connectivity index (χ1) is 17.6. The van der Waals surface area contributed by atoms with Crippen LogP contribution < -0.4 is 11.1 Å². The Balaban J connectivity index is 1.47. The number of phenolic OH excluding ortho intramolecular Hbond substituents is 1. The monoisotopic (exact) mass is 515 g/mol. The Kier molecular flexibility index (Phi) is 6.33. The first-order valence-electron chi connectivity index (χ1n) is 12.5. The number of halogens is 1. The van der Waals surface area contributed by atoms with Crippen LogP contribution in [0.1, 0.15) is 42.4 Å².